The quantitative estimate of drug-likeness (QED) is 0.865. The molecular weight excluding hydrogens is 369 g/mol. The maximum Gasteiger partial charge on any atom is 0.231 e. The first-order valence-corrected chi connectivity index (χ1v) is 9.44. The molecule has 0 saturated carbocycles. The van der Waals surface area contributed by atoms with Gasteiger partial charge in [0.1, 0.15) is 5.02 Å². The van der Waals surface area contributed by atoms with Gasteiger partial charge in [0.05, 0.1) is 24.0 Å². The number of fused-ring (bicyclic) bond motifs is 1. The summed E-state index contributed by atoms with van der Waals surface area (Å²) in [6.07, 6.45) is 3.88. The van der Waals surface area contributed by atoms with Gasteiger partial charge in [-0.15, -0.1) is 0 Å². The van der Waals surface area contributed by atoms with Crippen molar-refractivity contribution in [3.63, 3.8) is 0 Å². The molecule has 1 saturated heterocycles. The molecule has 3 heterocycles. The van der Waals surface area contributed by atoms with Gasteiger partial charge in [-0.1, -0.05) is 18.5 Å². The fourth-order valence-electron chi connectivity index (χ4n) is 3.69. The monoisotopic (exact) mass is 389 g/mol. The minimum absolute atomic E-state index is 0.0572. The maximum absolute atomic E-state index is 14.9. The Hall–Kier alpha value is -2.41. The van der Waals surface area contributed by atoms with Crippen LogP contribution in [0, 0.1) is 11.7 Å². The van der Waals surface area contributed by atoms with Crippen LogP contribution >= 0.6 is 11.6 Å². The number of aromatic nitrogens is 2. The Kier molecular flexibility index (Phi) is 4.63. The summed E-state index contributed by atoms with van der Waals surface area (Å²) in [5.41, 5.74) is 1.23. The summed E-state index contributed by atoms with van der Waals surface area (Å²) in [5, 5.41) is 3.29. The van der Waals surface area contributed by atoms with E-state index in [9.17, 15) is 9.18 Å². The smallest absolute Gasteiger partial charge is 0.231 e. The summed E-state index contributed by atoms with van der Waals surface area (Å²) < 4.78 is 14.9. The Morgan fingerprint density at radius 2 is 2.19 bits per heavy atom. The molecule has 0 bridgehead atoms. The van der Waals surface area contributed by atoms with E-state index in [4.69, 9.17) is 11.6 Å². The van der Waals surface area contributed by atoms with E-state index in [1.807, 2.05) is 0 Å². The van der Waals surface area contributed by atoms with Crippen molar-refractivity contribution in [2.75, 3.05) is 35.3 Å². The molecule has 6 nitrogen and oxygen atoms in total. The number of piperidine rings is 1. The summed E-state index contributed by atoms with van der Waals surface area (Å²) in [4.78, 5) is 24.3. The van der Waals surface area contributed by atoms with E-state index in [2.05, 4.69) is 27.1 Å². The second-order valence-corrected chi connectivity index (χ2v) is 7.65. The standard InChI is InChI=1S/C19H21ClFN5O/c1-11-4-3-7-26(10-11)19-22-9-13(20)18(24-19)23-14-5-6-15-12(17(14)21)8-16(27)25(15)2/h5-6,9,11H,3-4,7-8,10H2,1-2H3,(H,22,23,24)/t11-/m0/s1. The molecule has 142 valence electrons. The van der Waals surface area contributed by atoms with Crippen molar-refractivity contribution >= 4 is 40.6 Å². The average Bonchev–Trinajstić information content (AvgIpc) is 2.94. The Morgan fingerprint density at radius 1 is 1.37 bits per heavy atom. The number of nitrogens with zero attached hydrogens (tertiary/aromatic N) is 4. The van der Waals surface area contributed by atoms with E-state index in [0.29, 0.717) is 34.0 Å². The number of anilines is 4. The third-order valence-electron chi connectivity index (χ3n) is 5.21. The molecule has 2 aliphatic heterocycles. The lowest BCUT2D eigenvalue weighted by molar-refractivity contribution is -0.117. The zero-order valence-electron chi connectivity index (χ0n) is 15.3. The zero-order chi connectivity index (χ0) is 19.1. The fourth-order valence-corrected chi connectivity index (χ4v) is 3.83. The number of amides is 1. The van der Waals surface area contributed by atoms with Gasteiger partial charge in [-0.2, -0.15) is 4.98 Å². The molecule has 0 aliphatic carbocycles. The first kappa shape index (κ1) is 18.0. The Bertz CT molecular complexity index is 906. The van der Waals surface area contributed by atoms with Crippen LogP contribution < -0.4 is 15.1 Å². The second-order valence-electron chi connectivity index (χ2n) is 7.24. The highest BCUT2D eigenvalue weighted by Crippen LogP contribution is 2.35. The Morgan fingerprint density at radius 3 is 2.96 bits per heavy atom. The fraction of sp³-hybridized carbons (Fsp3) is 0.421. The molecule has 0 unspecified atom stereocenters. The molecule has 27 heavy (non-hydrogen) atoms. The molecule has 1 aromatic carbocycles. The van der Waals surface area contributed by atoms with Crippen LogP contribution in [0.2, 0.25) is 5.02 Å². The lowest BCUT2D eigenvalue weighted by Gasteiger charge is -2.31. The topological polar surface area (TPSA) is 61.4 Å². The highest BCUT2D eigenvalue weighted by atomic mass is 35.5. The molecule has 1 fully saturated rings. The van der Waals surface area contributed by atoms with Crippen molar-refractivity contribution in [3.8, 4) is 0 Å². The molecule has 1 atom stereocenters. The molecular formula is C19H21ClFN5O. The molecule has 2 aliphatic rings. The van der Waals surface area contributed by atoms with Crippen LogP contribution in [0.1, 0.15) is 25.3 Å². The van der Waals surface area contributed by atoms with Crippen LogP contribution in [0.15, 0.2) is 18.3 Å². The minimum Gasteiger partial charge on any atom is -0.341 e. The van der Waals surface area contributed by atoms with Gasteiger partial charge in [0.15, 0.2) is 11.6 Å². The predicted molar refractivity (Wildman–Crippen MR) is 104 cm³/mol. The first-order chi connectivity index (χ1) is 12.9. The molecule has 1 amide bonds. The van der Waals surface area contributed by atoms with Crippen LogP contribution in [0.4, 0.5) is 27.5 Å². The molecule has 1 aromatic heterocycles. The number of carbonyl (C=O) groups excluding carboxylic acids is 1. The molecule has 8 heteroatoms. The van der Waals surface area contributed by atoms with Gasteiger partial charge in [0.2, 0.25) is 11.9 Å². The van der Waals surface area contributed by atoms with E-state index in [0.717, 1.165) is 19.5 Å². The van der Waals surface area contributed by atoms with Gasteiger partial charge < -0.3 is 15.1 Å². The molecule has 0 spiro atoms. The molecule has 4 rings (SSSR count). The number of nitrogens with one attached hydrogen (secondary N) is 1. The van der Waals surface area contributed by atoms with E-state index >= 15 is 0 Å². The Labute approximate surface area is 162 Å². The number of benzene rings is 1. The number of likely N-dealkylation sites (N-methyl/N-ethyl adjacent to an activating group) is 1. The number of hydrogen-bond acceptors (Lipinski definition) is 5. The van der Waals surface area contributed by atoms with E-state index in [1.54, 1.807) is 19.2 Å². The van der Waals surface area contributed by atoms with Crippen LogP contribution in [-0.4, -0.2) is 36.0 Å². The lowest BCUT2D eigenvalue weighted by Crippen LogP contribution is -2.35. The van der Waals surface area contributed by atoms with Crippen LogP contribution in [0.5, 0.6) is 0 Å². The number of carbonyl (C=O) groups is 1. The summed E-state index contributed by atoms with van der Waals surface area (Å²) in [6.45, 7) is 4.00. The van der Waals surface area contributed by atoms with E-state index < -0.39 is 5.82 Å². The van der Waals surface area contributed by atoms with E-state index in [-0.39, 0.29) is 18.0 Å². The second kappa shape index (κ2) is 6.96. The maximum atomic E-state index is 14.9. The van der Waals surface area contributed by atoms with Crippen LogP contribution in [0.25, 0.3) is 0 Å². The number of rotatable bonds is 3. The highest BCUT2D eigenvalue weighted by molar-refractivity contribution is 6.32. The summed E-state index contributed by atoms with van der Waals surface area (Å²) in [6, 6.07) is 3.33. The van der Waals surface area contributed by atoms with Gasteiger partial charge >= 0.3 is 0 Å². The van der Waals surface area contributed by atoms with Crippen molar-refractivity contribution in [3.05, 3.63) is 34.7 Å². The van der Waals surface area contributed by atoms with Crippen molar-refractivity contribution in [1.82, 2.24) is 9.97 Å². The van der Waals surface area contributed by atoms with Gasteiger partial charge in [0, 0.05) is 25.7 Å². The van der Waals surface area contributed by atoms with Crippen molar-refractivity contribution in [1.29, 1.82) is 0 Å². The van der Waals surface area contributed by atoms with Gasteiger partial charge in [-0.05, 0) is 30.9 Å². The third-order valence-corrected chi connectivity index (χ3v) is 5.48. The van der Waals surface area contributed by atoms with E-state index in [1.165, 1.54) is 17.5 Å². The normalized spacial score (nSPS) is 19.4. The molecule has 1 N–H and O–H groups in total. The number of halogens is 2. The van der Waals surface area contributed by atoms with Crippen molar-refractivity contribution in [2.45, 2.75) is 26.2 Å². The third kappa shape index (κ3) is 3.32. The van der Waals surface area contributed by atoms with Gasteiger partial charge in [-0.25, -0.2) is 9.37 Å². The first-order valence-electron chi connectivity index (χ1n) is 9.06. The SMILES string of the molecule is C[C@H]1CCCN(c2ncc(Cl)c(Nc3ccc4c(c3F)CC(=O)N4C)n2)C1. The highest BCUT2D eigenvalue weighted by Gasteiger charge is 2.28. The van der Waals surface area contributed by atoms with Crippen LogP contribution in [-0.2, 0) is 11.2 Å². The molecule has 0 radical (unpaired) electrons. The number of hydrogen-bond donors (Lipinski definition) is 1. The van der Waals surface area contributed by atoms with Gasteiger partial charge in [-0.3, -0.25) is 4.79 Å². The summed E-state index contributed by atoms with van der Waals surface area (Å²) in [7, 11) is 1.65. The average molecular weight is 390 g/mol. The van der Waals surface area contributed by atoms with Gasteiger partial charge in [0.25, 0.3) is 0 Å². The van der Waals surface area contributed by atoms with Crippen LogP contribution in [0.3, 0.4) is 0 Å². The Balaban J connectivity index is 1.63. The minimum atomic E-state index is -0.451. The summed E-state index contributed by atoms with van der Waals surface area (Å²) in [5.74, 6) is 0.954. The van der Waals surface area contributed by atoms with Crippen molar-refractivity contribution in [2.24, 2.45) is 5.92 Å². The summed E-state index contributed by atoms with van der Waals surface area (Å²) >= 11 is 6.24. The lowest BCUT2D eigenvalue weighted by atomic mass is 10.0. The largest absolute Gasteiger partial charge is 0.341 e. The predicted octanol–water partition coefficient (Wildman–Crippen LogP) is 3.77. The zero-order valence-corrected chi connectivity index (χ0v) is 16.1. The van der Waals surface area contributed by atoms with Crippen molar-refractivity contribution < 1.29 is 9.18 Å². The molecule has 2 aromatic rings.